The molecular weight excluding hydrogens is 344 g/mol. The van der Waals surface area contributed by atoms with Gasteiger partial charge in [0, 0.05) is 24.3 Å². The predicted octanol–water partition coefficient (Wildman–Crippen LogP) is 5.92. The molecule has 0 aromatic heterocycles. The van der Waals surface area contributed by atoms with Crippen molar-refractivity contribution in [1.29, 1.82) is 0 Å². The number of alkyl halides is 1. The van der Waals surface area contributed by atoms with Gasteiger partial charge in [-0.1, -0.05) is 25.5 Å². The van der Waals surface area contributed by atoms with Crippen LogP contribution in [0.4, 0.5) is 0 Å². The van der Waals surface area contributed by atoms with Crippen molar-refractivity contribution in [1.82, 2.24) is 0 Å². The van der Waals surface area contributed by atoms with Crippen molar-refractivity contribution >= 4 is 17.4 Å². The second kappa shape index (κ2) is 7.24. The fourth-order valence-electron chi connectivity index (χ4n) is 6.99. The fourth-order valence-corrected chi connectivity index (χ4v) is 7.18. The number of unbranched alkanes of at least 4 members (excludes halogenated alkanes) is 1. The summed E-state index contributed by atoms with van der Waals surface area (Å²) in [5, 5.41) is 0. The molecule has 4 aliphatic carbocycles. The van der Waals surface area contributed by atoms with Crippen molar-refractivity contribution in [3.63, 3.8) is 0 Å². The molecular formula is C23H35ClO2. The minimum absolute atomic E-state index is 0.00833. The molecule has 0 aromatic carbocycles. The number of rotatable bonds is 5. The zero-order valence-electron chi connectivity index (χ0n) is 16.6. The van der Waals surface area contributed by atoms with Crippen LogP contribution in [0.5, 0.6) is 0 Å². The molecule has 0 radical (unpaired) electrons. The fraction of sp³-hybridized carbons (Fsp3) is 0.870. The number of carbonyl (C=O) groups excluding carboxylic acids is 1. The third kappa shape index (κ3) is 3.00. The summed E-state index contributed by atoms with van der Waals surface area (Å²) >= 11 is 5.77. The summed E-state index contributed by atoms with van der Waals surface area (Å²) in [5.74, 6) is 3.43. The Morgan fingerprint density at radius 1 is 1.12 bits per heavy atom. The molecule has 3 saturated carbocycles. The van der Waals surface area contributed by atoms with E-state index < -0.39 is 0 Å². The first-order valence-electron chi connectivity index (χ1n) is 10.9. The molecule has 0 aliphatic heterocycles. The number of carbonyl (C=O) groups is 1. The summed E-state index contributed by atoms with van der Waals surface area (Å²) in [6.45, 7) is 5.66. The maximum absolute atomic E-state index is 12.5. The first-order valence-corrected chi connectivity index (χ1v) is 11.4. The molecule has 0 unspecified atom stereocenters. The average Bonchev–Trinajstić information content (AvgIpc) is 2.94. The van der Waals surface area contributed by atoms with Gasteiger partial charge in [0.2, 0.25) is 0 Å². The lowest BCUT2D eigenvalue weighted by atomic mass is 9.48. The van der Waals surface area contributed by atoms with Crippen LogP contribution in [0.25, 0.3) is 0 Å². The lowest BCUT2D eigenvalue weighted by molar-refractivity contribution is -0.132. The van der Waals surface area contributed by atoms with E-state index in [2.05, 4.69) is 19.9 Å². The van der Waals surface area contributed by atoms with E-state index in [1.54, 1.807) is 5.57 Å². The highest BCUT2D eigenvalue weighted by atomic mass is 35.5. The largest absolute Gasteiger partial charge is 0.378 e. The Labute approximate surface area is 164 Å². The molecule has 0 saturated heterocycles. The summed E-state index contributed by atoms with van der Waals surface area (Å²) in [7, 11) is 0. The predicted molar refractivity (Wildman–Crippen MR) is 106 cm³/mol. The van der Waals surface area contributed by atoms with Crippen LogP contribution in [0, 0.1) is 28.6 Å². The minimum Gasteiger partial charge on any atom is -0.378 e. The Hall–Kier alpha value is -0.340. The lowest BCUT2D eigenvalue weighted by Crippen LogP contribution is -2.50. The van der Waals surface area contributed by atoms with E-state index in [1.165, 1.54) is 25.7 Å². The number of Topliss-reactive ketones (excluding diaryl/α,β-unsaturated/α-hetero) is 1. The number of hydrogen-bond donors (Lipinski definition) is 0. The van der Waals surface area contributed by atoms with Crippen molar-refractivity contribution in [3.05, 3.63) is 11.6 Å². The van der Waals surface area contributed by atoms with Crippen LogP contribution >= 0.6 is 11.6 Å². The second-order valence-electron chi connectivity index (χ2n) is 9.81. The maximum Gasteiger partial charge on any atom is 0.139 e. The first-order chi connectivity index (χ1) is 12.5. The van der Waals surface area contributed by atoms with E-state index in [0.717, 1.165) is 62.8 Å². The van der Waals surface area contributed by atoms with E-state index >= 15 is 0 Å². The average molecular weight is 379 g/mol. The Bertz CT molecular complexity index is 585. The van der Waals surface area contributed by atoms with Crippen LogP contribution in [0.2, 0.25) is 0 Å². The van der Waals surface area contributed by atoms with Gasteiger partial charge >= 0.3 is 0 Å². The van der Waals surface area contributed by atoms with Crippen LogP contribution < -0.4 is 0 Å². The molecule has 3 heteroatoms. The number of ether oxygens (including phenoxy) is 1. The van der Waals surface area contributed by atoms with Gasteiger partial charge in [-0.2, -0.15) is 0 Å². The first kappa shape index (κ1) is 19.0. The molecule has 2 nitrogen and oxygen atoms in total. The molecule has 0 N–H and O–H groups in total. The molecule has 4 rings (SSSR count). The highest BCUT2D eigenvalue weighted by Gasteiger charge is 2.58. The third-order valence-electron chi connectivity index (χ3n) is 8.65. The summed E-state index contributed by atoms with van der Waals surface area (Å²) in [5.41, 5.74) is 2.01. The van der Waals surface area contributed by atoms with Gasteiger partial charge in [-0.3, -0.25) is 4.79 Å². The van der Waals surface area contributed by atoms with E-state index in [1.807, 2.05) is 0 Å². The molecule has 0 spiro atoms. The van der Waals surface area contributed by atoms with Crippen LogP contribution in [-0.2, 0) is 9.53 Å². The minimum atomic E-state index is -0.00833. The number of hydrogen-bond acceptors (Lipinski definition) is 2. The highest BCUT2D eigenvalue weighted by molar-refractivity contribution is 6.17. The van der Waals surface area contributed by atoms with Crippen LogP contribution in [0.3, 0.4) is 0 Å². The van der Waals surface area contributed by atoms with Crippen molar-refractivity contribution in [3.8, 4) is 0 Å². The molecule has 6 atom stereocenters. The van der Waals surface area contributed by atoms with Crippen LogP contribution in [0.1, 0.15) is 78.1 Å². The molecule has 0 heterocycles. The van der Waals surface area contributed by atoms with Gasteiger partial charge in [0.1, 0.15) is 5.78 Å². The van der Waals surface area contributed by atoms with Crippen molar-refractivity contribution in [2.75, 3.05) is 12.5 Å². The standard InChI is InChI=1S/C23H35ClO2/c1-22-11-9-17(26-14-4-3-13-24)15-16(22)5-6-18-19-7-8-21(25)23(19,2)12-10-20(18)22/h5,17-20H,3-4,6-15H2,1-2H3/t17-,18-,19-,20-,22-,23-/m0/s1. The van der Waals surface area contributed by atoms with Gasteiger partial charge in [-0.15, -0.1) is 11.6 Å². The summed E-state index contributed by atoms with van der Waals surface area (Å²) in [6, 6.07) is 0. The van der Waals surface area contributed by atoms with E-state index in [-0.39, 0.29) is 5.41 Å². The molecule has 26 heavy (non-hydrogen) atoms. The Kier molecular flexibility index (Phi) is 5.29. The SMILES string of the molecule is C[C@]12CC[C@H](OCCCCCl)CC1=CC[C@@H]1[C@@H]2CC[C@]2(C)C(=O)CC[C@@H]12. The molecule has 0 aromatic rings. The summed E-state index contributed by atoms with van der Waals surface area (Å²) < 4.78 is 6.17. The molecule has 146 valence electrons. The zero-order chi connectivity index (χ0) is 18.4. The number of halogens is 1. The second-order valence-corrected chi connectivity index (χ2v) is 10.2. The van der Waals surface area contributed by atoms with Gasteiger partial charge in [0.05, 0.1) is 6.10 Å². The zero-order valence-corrected chi connectivity index (χ0v) is 17.3. The lowest BCUT2D eigenvalue weighted by Gasteiger charge is -2.57. The van der Waals surface area contributed by atoms with Crippen molar-refractivity contribution in [2.45, 2.75) is 84.2 Å². The normalized spacial score (nSPS) is 44.9. The molecule has 4 aliphatic rings. The van der Waals surface area contributed by atoms with Gasteiger partial charge in [0.15, 0.2) is 0 Å². The van der Waals surface area contributed by atoms with Gasteiger partial charge in [-0.25, -0.2) is 0 Å². The number of ketones is 1. The Morgan fingerprint density at radius 2 is 1.88 bits per heavy atom. The third-order valence-corrected chi connectivity index (χ3v) is 8.92. The summed E-state index contributed by atoms with van der Waals surface area (Å²) in [4.78, 5) is 12.5. The van der Waals surface area contributed by atoms with Gasteiger partial charge in [-0.05, 0) is 81.0 Å². The Balaban J connectivity index is 1.46. The molecule has 3 fully saturated rings. The van der Waals surface area contributed by atoms with Gasteiger partial charge < -0.3 is 4.74 Å². The summed E-state index contributed by atoms with van der Waals surface area (Å²) in [6.07, 6.45) is 14.2. The van der Waals surface area contributed by atoms with Crippen LogP contribution in [-0.4, -0.2) is 24.4 Å². The van der Waals surface area contributed by atoms with Crippen molar-refractivity contribution in [2.24, 2.45) is 28.6 Å². The van der Waals surface area contributed by atoms with Gasteiger partial charge in [0.25, 0.3) is 0 Å². The highest BCUT2D eigenvalue weighted by Crippen LogP contribution is 2.64. The van der Waals surface area contributed by atoms with Crippen molar-refractivity contribution < 1.29 is 9.53 Å². The van der Waals surface area contributed by atoms with Crippen LogP contribution in [0.15, 0.2) is 11.6 Å². The monoisotopic (exact) mass is 378 g/mol. The topological polar surface area (TPSA) is 26.3 Å². The number of allylic oxidation sites excluding steroid dienone is 1. The molecule has 0 bridgehead atoms. The van der Waals surface area contributed by atoms with E-state index in [9.17, 15) is 4.79 Å². The maximum atomic E-state index is 12.5. The Morgan fingerprint density at radius 3 is 2.69 bits per heavy atom. The smallest absolute Gasteiger partial charge is 0.139 e. The van der Waals surface area contributed by atoms with E-state index in [4.69, 9.17) is 16.3 Å². The molecule has 0 amide bonds. The number of fused-ring (bicyclic) bond motifs is 5. The quantitative estimate of drug-likeness (QED) is 0.337. The van der Waals surface area contributed by atoms with E-state index in [0.29, 0.717) is 23.2 Å².